The summed E-state index contributed by atoms with van der Waals surface area (Å²) in [5, 5.41) is 21.4. The maximum Gasteiger partial charge on any atom is 0.283 e. The summed E-state index contributed by atoms with van der Waals surface area (Å²) in [5.41, 5.74) is 5.79. The number of fused-ring (bicyclic) bond motifs is 1. The first kappa shape index (κ1) is 18.1. The number of nitro benzene ring substituents is 1. The summed E-state index contributed by atoms with van der Waals surface area (Å²) in [7, 11) is 0. The number of primary amides is 1. The monoisotopic (exact) mass is 376 g/mol. The van der Waals surface area contributed by atoms with Crippen LogP contribution in [0.25, 0.3) is 17.0 Å². The SMILES string of the molecule is N#C/C(=C\c1ccc(Sc2cccc3cccnc23)c([N+](=O)[O-])c1)C(N)=O. The lowest BCUT2D eigenvalue weighted by molar-refractivity contribution is -0.387. The standard InChI is InChI=1S/C19H12N4O3S/c20-11-14(19(21)24)9-12-6-7-16(15(10-12)23(25)26)27-17-5-1-3-13-4-2-8-22-18(13)17/h1-10H,(H2,21,24)/b14-9+. The molecule has 0 unspecified atom stereocenters. The molecule has 0 spiro atoms. The van der Waals surface area contributed by atoms with Gasteiger partial charge in [0.05, 0.1) is 15.3 Å². The first-order valence-corrected chi connectivity index (χ1v) is 8.53. The minimum atomic E-state index is -0.888. The molecule has 0 saturated carbocycles. The van der Waals surface area contributed by atoms with Gasteiger partial charge in [0.25, 0.3) is 11.6 Å². The smallest absolute Gasteiger partial charge is 0.283 e. The van der Waals surface area contributed by atoms with E-state index in [4.69, 9.17) is 11.0 Å². The molecule has 0 saturated heterocycles. The highest BCUT2D eigenvalue weighted by molar-refractivity contribution is 7.99. The lowest BCUT2D eigenvalue weighted by Gasteiger charge is -2.07. The van der Waals surface area contributed by atoms with Crippen molar-refractivity contribution in [3.05, 3.63) is 76.0 Å². The van der Waals surface area contributed by atoms with E-state index in [9.17, 15) is 14.9 Å². The van der Waals surface area contributed by atoms with Crippen molar-refractivity contribution in [2.75, 3.05) is 0 Å². The minimum absolute atomic E-state index is 0.136. The van der Waals surface area contributed by atoms with E-state index < -0.39 is 10.8 Å². The number of hydrogen-bond acceptors (Lipinski definition) is 6. The van der Waals surface area contributed by atoms with Gasteiger partial charge in [-0.05, 0) is 29.8 Å². The molecule has 0 aliphatic carbocycles. The van der Waals surface area contributed by atoms with Crippen molar-refractivity contribution in [2.45, 2.75) is 9.79 Å². The first-order chi connectivity index (χ1) is 13.0. The van der Waals surface area contributed by atoms with Crippen LogP contribution in [0.4, 0.5) is 5.69 Å². The van der Waals surface area contributed by atoms with Crippen molar-refractivity contribution in [2.24, 2.45) is 5.73 Å². The van der Waals surface area contributed by atoms with Crippen LogP contribution in [0.3, 0.4) is 0 Å². The van der Waals surface area contributed by atoms with E-state index in [0.717, 1.165) is 15.8 Å². The van der Waals surface area contributed by atoms with Crippen LogP contribution in [0.2, 0.25) is 0 Å². The number of carbonyl (C=O) groups is 1. The maximum absolute atomic E-state index is 11.5. The lowest BCUT2D eigenvalue weighted by Crippen LogP contribution is -2.12. The maximum atomic E-state index is 11.5. The molecule has 0 aliphatic rings. The van der Waals surface area contributed by atoms with Gasteiger partial charge in [-0.15, -0.1) is 0 Å². The van der Waals surface area contributed by atoms with Gasteiger partial charge in [-0.1, -0.05) is 36.0 Å². The second-order valence-electron chi connectivity index (χ2n) is 5.45. The molecule has 7 nitrogen and oxygen atoms in total. The number of aromatic nitrogens is 1. The second-order valence-corrected chi connectivity index (χ2v) is 6.54. The zero-order chi connectivity index (χ0) is 19.4. The van der Waals surface area contributed by atoms with Gasteiger partial charge in [0.1, 0.15) is 11.6 Å². The lowest BCUT2D eigenvalue weighted by atomic mass is 10.1. The highest BCUT2D eigenvalue weighted by Gasteiger charge is 2.17. The Balaban J connectivity index is 2.05. The third-order valence-corrected chi connectivity index (χ3v) is 4.81. The van der Waals surface area contributed by atoms with Crippen molar-refractivity contribution in [3.63, 3.8) is 0 Å². The molecule has 0 atom stereocenters. The zero-order valence-electron chi connectivity index (χ0n) is 13.8. The summed E-state index contributed by atoms with van der Waals surface area (Å²) in [6, 6.07) is 15.5. The molecular weight excluding hydrogens is 364 g/mol. The Bertz CT molecular complexity index is 1130. The molecule has 2 aromatic carbocycles. The number of nitrogens with zero attached hydrogens (tertiary/aromatic N) is 3. The van der Waals surface area contributed by atoms with E-state index in [2.05, 4.69) is 4.98 Å². The van der Waals surface area contributed by atoms with Gasteiger partial charge < -0.3 is 5.73 Å². The number of carbonyl (C=O) groups excluding carboxylic acids is 1. The number of nitro groups is 1. The van der Waals surface area contributed by atoms with Gasteiger partial charge in [0.15, 0.2) is 0 Å². The largest absolute Gasteiger partial charge is 0.365 e. The highest BCUT2D eigenvalue weighted by atomic mass is 32.2. The Morgan fingerprint density at radius 1 is 1.22 bits per heavy atom. The molecule has 3 aromatic rings. The normalized spacial score (nSPS) is 11.1. The topological polar surface area (TPSA) is 123 Å². The molecule has 0 fully saturated rings. The first-order valence-electron chi connectivity index (χ1n) is 7.71. The molecule has 3 rings (SSSR count). The number of para-hydroxylation sites is 1. The van der Waals surface area contributed by atoms with Crippen LogP contribution in [-0.4, -0.2) is 15.8 Å². The van der Waals surface area contributed by atoms with E-state index in [1.807, 2.05) is 30.3 Å². The highest BCUT2D eigenvalue weighted by Crippen LogP contribution is 2.38. The number of amides is 1. The molecule has 1 aromatic heterocycles. The van der Waals surface area contributed by atoms with Gasteiger partial charge in [0, 0.05) is 22.5 Å². The van der Waals surface area contributed by atoms with Crippen LogP contribution >= 0.6 is 11.8 Å². The molecule has 27 heavy (non-hydrogen) atoms. The third kappa shape index (κ3) is 3.94. The summed E-state index contributed by atoms with van der Waals surface area (Å²) < 4.78 is 0. The fraction of sp³-hybridized carbons (Fsp3) is 0. The number of pyridine rings is 1. The van der Waals surface area contributed by atoms with Crippen LogP contribution in [0.15, 0.2) is 70.1 Å². The molecule has 1 heterocycles. The zero-order valence-corrected chi connectivity index (χ0v) is 14.6. The Kier molecular flexibility index (Phi) is 5.15. The molecule has 0 bridgehead atoms. The third-order valence-electron chi connectivity index (χ3n) is 3.69. The Hall–Kier alpha value is -3.70. The average Bonchev–Trinajstić information content (AvgIpc) is 2.67. The van der Waals surface area contributed by atoms with Gasteiger partial charge in [-0.2, -0.15) is 5.26 Å². The van der Waals surface area contributed by atoms with Crippen molar-refractivity contribution in [1.82, 2.24) is 4.98 Å². The van der Waals surface area contributed by atoms with Gasteiger partial charge >= 0.3 is 0 Å². The van der Waals surface area contributed by atoms with Crippen LogP contribution in [-0.2, 0) is 4.79 Å². The van der Waals surface area contributed by atoms with E-state index in [1.54, 1.807) is 24.4 Å². The second kappa shape index (κ2) is 7.68. The van der Waals surface area contributed by atoms with Crippen molar-refractivity contribution >= 4 is 40.3 Å². The van der Waals surface area contributed by atoms with Crippen LogP contribution in [0.5, 0.6) is 0 Å². The summed E-state index contributed by atoms with van der Waals surface area (Å²) in [4.78, 5) is 27.7. The Morgan fingerprint density at radius 3 is 2.70 bits per heavy atom. The molecule has 1 amide bonds. The van der Waals surface area contributed by atoms with Gasteiger partial charge in [-0.25, -0.2) is 0 Å². The van der Waals surface area contributed by atoms with Crippen molar-refractivity contribution in [1.29, 1.82) is 5.26 Å². The molecule has 0 aliphatic heterocycles. The molecule has 132 valence electrons. The number of hydrogen-bond donors (Lipinski definition) is 1. The van der Waals surface area contributed by atoms with Crippen LogP contribution < -0.4 is 5.73 Å². The molecule has 0 radical (unpaired) electrons. The van der Waals surface area contributed by atoms with E-state index in [1.165, 1.54) is 23.9 Å². The fourth-order valence-corrected chi connectivity index (χ4v) is 3.48. The number of benzene rings is 2. The predicted molar refractivity (Wildman–Crippen MR) is 102 cm³/mol. The summed E-state index contributed by atoms with van der Waals surface area (Å²) in [6.07, 6.45) is 2.89. The number of nitriles is 1. The van der Waals surface area contributed by atoms with E-state index in [0.29, 0.717) is 10.5 Å². The Morgan fingerprint density at radius 2 is 2.00 bits per heavy atom. The quantitative estimate of drug-likeness (QED) is 0.313. The summed E-state index contributed by atoms with van der Waals surface area (Å²) >= 11 is 1.23. The van der Waals surface area contributed by atoms with E-state index in [-0.39, 0.29) is 11.3 Å². The van der Waals surface area contributed by atoms with Crippen molar-refractivity contribution in [3.8, 4) is 6.07 Å². The predicted octanol–water partition coefficient (Wildman–Crippen LogP) is 3.69. The van der Waals surface area contributed by atoms with Crippen molar-refractivity contribution < 1.29 is 9.72 Å². The Labute approximate surface area is 158 Å². The summed E-state index contributed by atoms with van der Waals surface area (Å²) in [5.74, 6) is -0.888. The van der Waals surface area contributed by atoms with E-state index >= 15 is 0 Å². The molecule has 8 heteroatoms. The number of nitrogens with two attached hydrogens (primary N) is 1. The number of rotatable bonds is 5. The minimum Gasteiger partial charge on any atom is -0.365 e. The van der Waals surface area contributed by atoms with Crippen LogP contribution in [0.1, 0.15) is 5.56 Å². The van der Waals surface area contributed by atoms with Crippen LogP contribution in [0, 0.1) is 21.4 Å². The summed E-state index contributed by atoms with van der Waals surface area (Å²) in [6.45, 7) is 0. The molecular formula is C19H12N4O3S. The molecule has 2 N–H and O–H groups in total. The van der Waals surface area contributed by atoms with Gasteiger partial charge in [0.2, 0.25) is 0 Å². The van der Waals surface area contributed by atoms with Gasteiger partial charge in [-0.3, -0.25) is 19.9 Å². The fourth-order valence-electron chi connectivity index (χ4n) is 2.46. The average molecular weight is 376 g/mol.